The second kappa shape index (κ2) is 13.6. The van der Waals surface area contributed by atoms with E-state index in [2.05, 4.69) is 55.8 Å². The van der Waals surface area contributed by atoms with Crippen molar-refractivity contribution in [1.29, 1.82) is 0 Å². The smallest absolute Gasteiger partial charge is 0.150 e. The SMILES string of the molecule is Cl.Cl.Clc1nccnc1C1CNC1.c1ccc2nc(N3CC(c4nccnc4C4CCNCC4)C3)ccc2c1. The molecule has 3 aliphatic rings. The number of hydrogen-bond acceptors (Lipinski definition) is 8. The van der Waals surface area contributed by atoms with Crippen LogP contribution >= 0.6 is 36.4 Å². The number of benzene rings is 1. The van der Waals surface area contributed by atoms with Gasteiger partial charge < -0.3 is 15.5 Å². The first-order valence-corrected chi connectivity index (χ1v) is 13.4. The van der Waals surface area contributed by atoms with Crippen molar-refractivity contribution in [2.24, 2.45) is 0 Å². The van der Waals surface area contributed by atoms with E-state index in [1.807, 2.05) is 18.5 Å². The molecule has 4 aromatic rings. The average Bonchev–Trinajstić information content (AvgIpc) is 2.89. The summed E-state index contributed by atoms with van der Waals surface area (Å²) in [6.45, 7) is 6.05. The Morgan fingerprint density at radius 3 is 2.00 bits per heavy atom. The lowest BCUT2D eigenvalue weighted by molar-refractivity contribution is 0.436. The number of halogens is 3. The van der Waals surface area contributed by atoms with Gasteiger partial charge in [0, 0.05) is 74.1 Å². The molecule has 3 aliphatic heterocycles. The maximum absolute atomic E-state index is 5.83. The highest BCUT2D eigenvalue weighted by Gasteiger charge is 2.34. The maximum Gasteiger partial charge on any atom is 0.150 e. The van der Waals surface area contributed by atoms with Crippen LogP contribution in [-0.2, 0) is 0 Å². The standard InChI is InChI=1S/C21H23N5.C7H8ClN3.2ClH/c1-2-4-18-15(3-1)5-6-19(25-18)26-13-17(14-26)21-20(23-11-12-24-21)16-7-9-22-10-8-16;8-7-6(5-3-9-4-5)10-1-2-11-7;;/h1-6,11-12,16-17,22H,7-10,13-14H2;1-2,5,9H,3-4H2;2*1H. The fourth-order valence-electron chi connectivity index (χ4n) is 5.24. The molecule has 0 aliphatic carbocycles. The van der Waals surface area contributed by atoms with Gasteiger partial charge in [0.2, 0.25) is 0 Å². The van der Waals surface area contributed by atoms with Gasteiger partial charge in [-0.3, -0.25) is 15.0 Å². The summed E-state index contributed by atoms with van der Waals surface area (Å²) in [6.07, 6.45) is 9.30. The Kier molecular flexibility index (Phi) is 10.3. The molecular formula is C28H33Cl3N8. The number of aromatic nitrogens is 5. The largest absolute Gasteiger partial charge is 0.355 e. The molecule has 0 amide bonds. The van der Waals surface area contributed by atoms with Gasteiger partial charge in [-0.1, -0.05) is 29.8 Å². The number of hydrogen-bond donors (Lipinski definition) is 2. The Hall–Kier alpha value is -2.62. The number of fused-ring (bicyclic) bond motifs is 1. The summed E-state index contributed by atoms with van der Waals surface area (Å²) in [5.74, 6) is 2.54. The van der Waals surface area contributed by atoms with Crippen molar-refractivity contribution >= 4 is 53.1 Å². The lowest BCUT2D eigenvalue weighted by Crippen LogP contribution is -2.46. The molecule has 0 spiro atoms. The van der Waals surface area contributed by atoms with E-state index in [9.17, 15) is 0 Å². The van der Waals surface area contributed by atoms with E-state index in [-0.39, 0.29) is 24.8 Å². The molecule has 0 saturated carbocycles. The molecule has 3 aromatic heterocycles. The first kappa shape index (κ1) is 29.4. The first-order valence-electron chi connectivity index (χ1n) is 13.1. The molecule has 0 bridgehead atoms. The van der Waals surface area contributed by atoms with Crippen LogP contribution in [0.5, 0.6) is 0 Å². The summed E-state index contributed by atoms with van der Waals surface area (Å²) >= 11 is 5.83. The van der Waals surface area contributed by atoms with Crippen molar-refractivity contribution in [3.63, 3.8) is 0 Å². The second-order valence-corrected chi connectivity index (χ2v) is 10.3. The van der Waals surface area contributed by atoms with E-state index >= 15 is 0 Å². The molecular weight excluding hydrogens is 555 g/mol. The zero-order valence-corrected chi connectivity index (χ0v) is 23.9. The number of anilines is 1. The van der Waals surface area contributed by atoms with E-state index in [0.717, 1.165) is 69.1 Å². The number of para-hydroxylation sites is 1. The number of rotatable bonds is 4. The Morgan fingerprint density at radius 1 is 0.692 bits per heavy atom. The molecule has 1 aromatic carbocycles. The van der Waals surface area contributed by atoms with Gasteiger partial charge in [-0.05, 0) is 44.1 Å². The van der Waals surface area contributed by atoms with Crippen LogP contribution in [-0.4, -0.2) is 64.2 Å². The summed E-state index contributed by atoms with van der Waals surface area (Å²) in [5.41, 5.74) is 4.41. The van der Waals surface area contributed by atoms with Gasteiger partial charge in [0.15, 0.2) is 5.15 Å². The third kappa shape index (κ3) is 6.58. The average molecular weight is 588 g/mol. The van der Waals surface area contributed by atoms with Crippen molar-refractivity contribution < 1.29 is 0 Å². The summed E-state index contributed by atoms with van der Waals surface area (Å²) in [7, 11) is 0. The molecule has 11 heteroatoms. The summed E-state index contributed by atoms with van der Waals surface area (Å²) in [6, 6.07) is 12.6. The minimum atomic E-state index is 0. The van der Waals surface area contributed by atoms with E-state index in [4.69, 9.17) is 26.6 Å². The summed E-state index contributed by atoms with van der Waals surface area (Å²) in [5, 5.41) is 8.33. The van der Waals surface area contributed by atoms with Gasteiger partial charge in [-0.25, -0.2) is 9.97 Å². The van der Waals surface area contributed by atoms with Crippen molar-refractivity contribution in [2.75, 3.05) is 44.2 Å². The topological polar surface area (TPSA) is 91.8 Å². The molecule has 206 valence electrons. The number of piperidine rings is 1. The Balaban J connectivity index is 0.000000230. The highest BCUT2D eigenvalue weighted by molar-refractivity contribution is 6.30. The molecule has 0 atom stereocenters. The van der Waals surface area contributed by atoms with E-state index < -0.39 is 0 Å². The molecule has 6 heterocycles. The number of nitrogens with one attached hydrogen (secondary N) is 2. The van der Waals surface area contributed by atoms with E-state index in [1.165, 1.54) is 16.8 Å². The third-order valence-electron chi connectivity index (χ3n) is 7.51. The first-order chi connectivity index (χ1) is 18.3. The molecule has 3 fully saturated rings. The molecule has 8 nitrogen and oxygen atoms in total. The molecule has 7 rings (SSSR count). The normalized spacial score (nSPS) is 17.6. The monoisotopic (exact) mass is 586 g/mol. The van der Waals surface area contributed by atoms with Gasteiger partial charge in [-0.15, -0.1) is 24.8 Å². The molecule has 0 unspecified atom stereocenters. The summed E-state index contributed by atoms with van der Waals surface area (Å²) in [4.78, 5) is 24.7. The van der Waals surface area contributed by atoms with Gasteiger partial charge >= 0.3 is 0 Å². The minimum absolute atomic E-state index is 0. The minimum Gasteiger partial charge on any atom is -0.355 e. The van der Waals surface area contributed by atoms with Gasteiger partial charge in [-0.2, -0.15) is 0 Å². The van der Waals surface area contributed by atoms with Crippen LogP contribution in [0.3, 0.4) is 0 Å². The molecule has 3 saturated heterocycles. The molecule has 0 radical (unpaired) electrons. The van der Waals surface area contributed by atoms with Gasteiger partial charge in [0.1, 0.15) is 5.82 Å². The molecule has 39 heavy (non-hydrogen) atoms. The third-order valence-corrected chi connectivity index (χ3v) is 7.80. The highest BCUT2D eigenvalue weighted by atomic mass is 35.5. The van der Waals surface area contributed by atoms with Crippen LogP contribution in [0, 0.1) is 0 Å². The van der Waals surface area contributed by atoms with Crippen LogP contribution < -0.4 is 15.5 Å². The van der Waals surface area contributed by atoms with Crippen LogP contribution in [0.1, 0.15) is 47.7 Å². The fraction of sp³-hybridized carbons (Fsp3) is 0.393. The quantitative estimate of drug-likeness (QED) is 0.353. The van der Waals surface area contributed by atoms with Gasteiger partial charge in [0.25, 0.3) is 0 Å². The zero-order chi connectivity index (χ0) is 25.0. The second-order valence-electron chi connectivity index (χ2n) is 9.90. The van der Waals surface area contributed by atoms with Crippen LogP contribution in [0.2, 0.25) is 5.15 Å². The zero-order valence-electron chi connectivity index (χ0n) is 21.5. The van der Waals surface area contributed by atoms with Crippen LogP contribution in [0.4, 0.5) is 5.82 Å². The predicted octanol–water partition coefficient (Wildman–Crippen LogP) is 4.76. The van der Waals surface area contributed by atoms with Crippen molar-refractivity contribution in [3.8, 4) is 0 Å². The van der Waals surface area contributed by atoms with Crippen LogP contribution in [0.15, 0.2) is 61.2 Å². The highest BCUT2D eigenvalue weighted by Crippen LogP contribution is 2.35. The Morgan fingerprint density at radius 2 is 1.33 bits per heavy atom. The lowest BCUT2D eigenvalue weighted by Gasteiger charge is -2.41. The maximum atomic E-state index is 5.83. The van der Waals surface area contributed by atoms with Crippen molar-refractivity contribution in [3.05, 3.63) is 83.4 Å². The Labute approximate surface area is 246 Å². The Bertz CT molecular complexity index is 1360. The predicted molar refractivity (Wildman–Crippen MR) is 161 cm³/mol. The van der Waals surface area contributed by atoms with E-state index in [1.54, 1.807) is 12.4 Å². The number of nitrogens with zero attached hydrogens (tertiary/aromatic N) is 6. The van der Waals surface area contributed by atoms with Crippen LogP contribution in [0.25, 0.3) is 10.9 Å². The van der Waals surface area contributed by atoms with Crippen molar-refractivity contribution in [2.45, 2.75) is 30.6 Å². The van der Waals surface area contributed by atoms with E-state index in [0.29, 0.717) is 22.9 Å². The molecule has 2 N–H and O–H groups in total. The van der Waals surface area contributed by atoms with Crippen molar-refractivity contribution in [1.82, 2.24) is 35.6 Å². The lowest BCUT2D eigenvalue weighted by atomic mass is 9.86. The van der Waals surface area contributed by atoms with Gasteiger partial charge in [0.05, 0.1) is 22.6 Å². The summed E-state index contributed by atoms with van der Waals surface area (Å²) < 4.78 is 0. The number of pyridine rings is 1. The fourth-order valence-corrected chi connectivity index (χ4v) is 5.50.